The molecule has 0 amide bonds. The molecule has 0 saturated carbocycles. The van der Waals surface area contributed by atoms with Gasteiger partial charge in [-0.2, -0.15) is 0 Å². The molecule has 6 heteroatoms. The van der Waals surface area contributed by atoms with E-state index >= 15 is 0 Å². The van der Waals surface area contributed by atoms with E-state index in [-0.39, 0.29) is 6.16 Å². The van der Waals surface area contributed by atoms with Crippen molar-refractivity contribution in [1.29, 1.82) is 0 Å². The van der Waals surface area contributed by atoms with Crippen LogP contribution in [-0.2, 0) is 23.1 Å². The third-order valence-corrected chi connectivity index (χ3v) is 5.37. The van der Waals surface area contributed by atoms with Crippen molar-refractivity contribution in [1.82, 2.24) is 0 Å². The van der Waals surface area contributed by atoms with Crippen LogP contribution in [0.1, 0.15) is 5.56 Å². The first kappa shape index (κ1) is 17.4. The Balaban J connectivity index is 2.49. The quantitative estimate of drug-likeness (QED) is 0.456. The average molecular weight is 334 g/mol. The van der Waals surface area contributed by atoms with Crippen LogP contribution in [0.3, 0.4) is 0 Å². The molecule has 0 radical (unpaired) electrons. The van der Waals surface area contributed by atoms with Gasteiger partial charge in [0, 0.05) is 20.3 Å². The predicted octanol–water partition coefficient (Wildman–Crippen LogP) is 3.88. The molecular weight excluding hydrogens is 315 g/mol. The Morgan fingerprint density at radius 1 is 1.04 bits per heavy atom. The molecule has 0 atom stereocenters. The fourth-order valence-corrected chi connectivity index (χ4v) is 3.32. The number of carbonyl (C=O) groups excluding carboxylic acids is 1. The fraction of sp³-hybridized carbons (Fsp3) is 0.235. The highest BCUT2D eigenvalue weighted by atomic mass is 31.2. The summed E-state index contributed by atoms with van der Waals surface area (Å²) in [5.41, 5.74) is 1.30. The molecular formula is C17H19O5P. The SMILES string of the molecule is COC(=O)/C=C(\CP(=O)(OC)OC)c1ccc2ccccc2c1. The number of allylic oxidation sites excluding steroid dienone is 1. The maximum absolute atomic E-state index is 12.4. The molecule has 0 bridgehead atoms. The zero-order valence-corrected chi connectivity index (χ0v) is 14.2. The summed E-state index contributed by atoms with van der Waals surface area (Å²) in [6.07, 6.45) is 1.29. The normalized spacial score (nSPS) is 12.4. The Labute approximate surface area is 135 Å². The summed E-state index contributed by atoms with van der Waals surface area (Å²) < 4.78 is 27.1. The van der Waals surface area contributed by atoms with Gasteiger partial charge in [-0.15, -0.1) is 0 Å². The summed E-state index contributed by atoms with van der Waals surface area (Å²) in [4.78, 5) is 11.7. The van der Waals surface area contributed by atoms with Crippen LogP contribution in [0.4, 0.5) is 0 Å². The zero-order chi connectivity index (χ0) is 16.9. The highest BCUT2D eigenvalue weighted by Gasteiger charge is 2.24. The number of rotatable bonds is 6. The van der Waals surface area contributed by atoms with Crippen LogP contribution in [-0.4, -0.2) is 33.5 Å². The standard InChI is InChI=1S/C17H19O5P/c1-20-17(18)11-16(12-23(19,21-2)22-3)15-9-8-13-6-4-5-7-14(13)10-15/h4-11H,12H2,1-3H3/b16-11+. The number of hydrogen-bond donors (Lipinski definition) is 0. The van der Waals surface area contributed by atoms with Crippen molar-refractivity contribution in [2.45, 2.75) is 0 Å². The topological polar surface area (TPSA) is 61.8 Å². The van der Waals surface area contributed by atoms with Gasteiger partial charge in [-0.25, -0.2) is 4.79 Å². The first-order valence-electron chi connectivity index (χ1n) is 6.99. The van der Waals surface area contributed by atoms with Crippen molar-refractivity contribution in [2.75, 3.05) is 27.5 Å². The van der Waals surface area contributed by atoms with Gasteiger partial charge < -0.3 is 13.8 Å². The number of carbonyl (C=O) groups is 1. The summed E-state index contributed by atoms with van der Waals surface area (Å²) in [6, 6.07) is 13.6. The lowest BCUT2D eigenvalue weighted by atomic mass is 10.0. The van der Waals surface area contributed by atoms with Gasteiger partial charge >= 0.3 is 13.6 Å². The maximum atomic E-state index is 12.4. The van der Waals surface area contributed by atoms with Gasteiger partial charge in [-0.3, -0.25) is 4.57 Å². The van der Waals surface area contributed by atoms with Crippen molar-refractivity contribution in [3.8, 4) is 0 Å². The highest BCUT2D eigenvalue weighted by Crippen LogP contribution is 2.49. The third kappa shape index (κ3) is 4.29. The highest BCUT2D eigenvalue weighted by molar-refractivity contribution is 7.54. The minimum atomic E-state index is -3.31. The molecule has 0 aromatic heterocycles. The van der Waals surface area contributed by atoms with E-state index in [0.29, 0.717) is 5.57 Å². The first-order valence-corrected chi connectivity index (χ1v) is 8.72. The number of esters is 1. The molecule has 0 unspecified atom stereocenters. The van der Waals surface area contributed by atoms with Crippen molar-refractivity contribution < 1.29 is 23.1 Å². The molecule has 0 spiro atoms. The molecule has 2 aromatic rings. The maximum Gasteiger partial charge on any atom is 0.334 e. The second-order valence-electron chi connectivity index (χ2n) is 4.89. The molecule has 0 aliphatic rings. The summed E-state index contributed by atoms with van der Waals surface area (Å²) in [5.74, 6) is -0.521. The van der Waals surface area contributed by atoms with Crippen molar-refractivity contribution in [3.63, 3.8) is 0 Å². The van der Waals surface area contributed by atoms with E-state index in [1.807, 2.05) is 42.5 Å². The van der Waals surface area contributed by atoms with Gasteiger partial charge in [0.15, 0.2) is 0 Å². The number of fused-ring (bicyclic) bond motifs is 1. The Bertz CT molecular complexity index is 773. The first-order chi connectivity index (χ1) is 11.0. The van der Waals surface area contributed by atoms with Gasteiger partial charge in [0.25, 0.3) is 0 Å². The molecule has 23 heavy (non-hydrogen) atoms. The van der Waals surface area contributed by atoms with Crippen LogP contribution in [0.5, 0.6) is 0 Å². The van der Waals surface area contributed by atoms with Crippen LogP contribution in [0.2, 0.25) is 0 Å². The van der Waals surface area contributed by atoms with E-state index < -0.39 is 13.6 Å². The molecule has 0 fully saturated rings. The minimum Gasteiger partial charge on any atom is -0.466 e. The molecule has 122 valence electrons. The zero-order valence-electron chi connectivity index (χ0n) is 13.3. The van der Waals surface area contributed by atoms with Crippen LogP contribution >= 0.6 is 7.60 Å². The van der Waals surface area contributed by atoms with E-state index in [1.165, 1.54) is 27.4 Å². The smallest absolute Gasteiger partial charge is 0.334 e. The monoisotopic (exact) mass is 334 g/mol. The Hall–Kier alpha value is -1.94. The lowest BCUT2D eigenvalue weighted by Gasteiger charge is -2.16. The second-order valence-corrected chi connectivity index (χ2v) is 7.16. The van der Waals surface area contributed by atoms with Crippen molar-refractivity contribution in [3.05, 3.63) is 54.1 Å². The van der Waals surface area contributed by atoms with Gasteiger partial charge in [-0.05, 0) is 28.0 Å². The number of ether oxygens (including phenoxy) is 1. The Morgan fingerprint density at radius 2 is 1.70 bits per heavy atom. The molecule has 0 heterocycles. The van der Waals surface area contributed by atoms with Crippen LogP contribution in [0.15, 0.2) is 48.5 Å². The van der Waals surface area contributed by atoms with E-state index in [0.717, 1.165) is 16.3 Å². The summed E-state index contributed by atoms with van der Waals surface area (Å²) in [5, 5.41) is 2.10. The lowest BCUT2D eigenvalue weighted by Crippen LogP contribution is -2.03. The van der Waals surface area contributed by atoms with E-state index in [9.17, 15) is 9.36 Å². The van der Waals surface area contributed by atoms with Gasteiger partial charge in [0.2, 0.25) is 0 Å². The average Bonchev–Trinajstić information content (AvgIpc) is 2.60. The fourth-order valence-electron chi connectivity index (χ4n) is 2.22. The number of methoxy groups -OCH3 is 1. The minimum absolute atomic E-state index is 0.0204. The summed E-state index contributed by atoms with van der Waals surface area (Å²) in [6.45, 7) is 0. The largest absolute Gasteiger partial charge is 0.466 e. The number of benzene rings is 2. The van der Waals surface area contributed by atoms with Gasteiger partial charge in [0.1, 0.15) is 0 Å². The summed E-state index contributed by atoms with van der Waals surface area (Å²) >= 11 is 0. The van der Waals surface area contributed by atoms with Gasteiger partial charge in [0.05, 0.1) is 13.3 Å². The van der Waals surface area contributed by atoms with E-state index in [1.54, 1.807) is 0 Å². The molecule has 0 aliphatic carbocycles. The lowest BCUT2D eigenvalue weighted by molar-refractivity contribution is -0.134. The molecule has 2 rings (SSSR count). The number of hydrogen-bond acceptors (Lipinski definition) is 5. The molecule has 0 aliphatic heterocycles. The Kier molecular flexibility index (Phi) is 5.72. The Morgan fingerprint density at radius 3 is 2.30 bits per heavy atom. The van der Waals surface area contributed by atoms with Crippen LogP contribution in [0, 0.1) is 0 Å². The molecule has 0 N–H and O–H groups in total. The molecule has 5 nitrogen and oxygen atoms in total. The van der Waals surface area contributed by atoms with Crippen molar-refractivity contribution >= 4 is 29.9 Å². The molecule has 0 saturated heterocycles. The van der Waals surface area contributed by atoms with E-state index in [2.05, 4.69) is 4.74 Å². The van der Waals surface area contributed by atoms with E-state index in [4.69, 9.17) is 9.05 Å². The second kappa shape index (κ2) is 7.55. The van der Waals surface area contributed by atoms with Crippen LogP contribution < -0.4 is 0 Å². The predicted molar refractivity (Wildman–Crippen MR) is 90.4 cm³/mol. The third-order valence-electron chi connectivity index (χ3n) is 3.53. The van der Waals surface area contributed by atoms with Crippen LogP contribution in [0.25, 0.3) is 16.3 Å². The summed E-state index contributed by atoms with van der Waals surface area (Å²) in [7, 11) is 0.629. The molecule has 2 aromatic carbocycles. The van der Waals surface area contributed by atoms with Gasteiger partial charge in [-0.1, -0.05) is 36.4 Å². The van der Waals surface area contributed by atoms with Crippen molar-refractivity contribution in [2.24, 2.45) is 0 Å².